The summed E-state index contributed by atoms with van der Waals surface area (Å²) in [6, 6.07) is 9.31. The fraction of sp³-hybridized carbons (Fsp3) is 0.200. The molecule has 3 rings (SSSR count). The third-order valence-electron chi connectivity index (χ3n) is 3.44. The highest BCUT2D eigenvalue weighted by molar-refractivity contribution is 9.10. The van der Waals surface area contributed by atoms with Crippen LogP contribution in [0.25, 0.3) is 0 Å². The Morgan fingerprint density at radius 2 is 1.95 bits per heavy atom. The van der Waals surface area contributed by atoms with Crippen LogP contribution in [0.15, 0.2) is 40.9 Å². The molecular formula is C15H12BrF2NO. The molecule has 0 aliphatic carbocycles. The first-order chi connectivity index (χ1) is 9.56. The highest BCUT2D eigenvalue weighted by atomic mass is 79.9. The normalized spacial score (nSPS) is 21.2. The summed E-state index contributed by atoms with van der Waals surface area (Å²) >= 11 is 3.38. The van der Waals surface area contributed by atoms with Crippen molar-refractivity contribution in [3.8, 4) is 5.75 Å². The largest absolute Gasteiger partial charge is 0.485 e. The Kier molecular flexibility index (Phi) is 3.48. The predicted octanol–water partition coefficient (Wildman–Crippen LogP) is 4.25. The Labute approximate surface area is 123 Å². The van der Waals surface area contributed by atoms with Gasteiger partial charge in [0.25, 0.3) is 0 Å². The van der Waals surface area contributed by atoms with E-state index in [0.717, 1.165) is 16.1 Å². The Morgan fingerprint density at radius 1 is 1.15 bits per heavy atom. The Balaban J connectivity index is 1.99. The van der Waals surface area contributed by atoms with E-state index in [0.29, 0.717) is 12.2 Å². The van der Waals surface area contributed by atoms with Gasteiger partial charge in [-0.2, -0.15) is 0 Å². The lowest BCUT2D eigenvalue weighted by molar-refractivity contribution is 0.156. The Bertz CT molecular complexity index is 662. The second-order valence-electron chi connectivity index (χ2n) is 4.77. The van der Waals surface area contributed by atoms with Crippen LogP contribution < -0.4 is 10.5 Å². The number of benzene rings is 2. The molecule has 2 aromatic rings. The van der Waals surface area contributed by atoms with Gasteiger partial charge in [0.1, 0.15) is 11.9 Å². The van der Waals surface area contributed by atoms with Crippen molar-refractivity contribution in [3.63, 3.8) is 0 Å². The molecule has 2 N–H and O–H groups in total. The summed E-state index contributed by atoms with van der Waals surface area (Å²) in [5, 5.41) is 0. The van der Waals surface area contributed by atoms with E-state index in [9.17, 15) is 8.78 Å². The van der Waals surface area contributed by atoms with E-state index < -0.39 is 17.7 Å². The van der Waals surface area contributed by atoms with Crippen LogP contribution in [-0.4, -0.2) is 0 Å². The Morgan fingerprint density at radius 3 is 2.75 bits per heavy atom. The minimum atomic E-state index is -0.874. The van der Waals surface area contributed by atoms with Crippen molar-refractivity contribution in [3.05, 3.63) is 63.6 Å². The van der Waals surface area contributed by atoms with E-state index in [2.05, 4.69) is 15.9 Å². The average Bonchev–Trinajstić information content (AvgIpc) is 2.42. The van der Waals surface area contributed by atoms with E-state index in [4.69, 9.17) is 10.5 Å². The van der Waals surface area contributed by atoms with E-state index in [1.807, 2.05) is 12.1 Å². The Hall–Kier alpha value is -1.46. The molecule has 0 amide bonds. The third kappa shape index (κ3) is 2.31. The molecule has 5 heteroatoms. The number of fused-ring (bicyclic) bond motifs is 1. The SMILES string of the molecule is N[C@H]1CC(c2cccc(F)c2F)Oc2ccc(Br)cc21. The average molecular weight is 340 g/mol. The second kappa shape index (κ2) is 5.14. The molecule has 0 bridgehead atoms. The van der Waals surface area contributed by atoms with Crippen LogP contribution in [0.3, 0.4) is 0 Å². The number of nitrogens with two attached hydrogens (primary N) is 1. The maximum atomic E-state index is 13.9. The molecule has 2 atom stereocenters. The van der Waals surface area contributed by atoms with Crippen LogP contribution in [0, 0.1) is 11.6 Å². The molecule has 2 aromatic carbocycles. The first-order valence-electron chi connectivity index (χ1n) is 6.22. The van der Waals surface area contributed by atoms with Gasteiger partial charge in [0.2, 0.25) is 0 Å². The van der Waals surface area contributed by atoms with Crippen LogP contribution in [0.1, 0.15) is 29.7 Å². The lowest BCUT2D eigenvalue weighted by atomic mass is 9.93. The maximum absolute atomic E-state index is 13.9. The van der Waals surface area contributed by atoms with Crippen molar-refractivity contribution in [2.45, 2.75) is 18.6 Å². The van der Waals surface area contributed by atoms with Crippen molar-refractivity contribution in [2.24, 2.45) is 5.73 Å². The summed E-state index contributed by atoms with van der Waals surface area (Å²) < 4.78 is 33.8. The van der Waals surface area contributed by atoms with Crippen molar-refractivity contribution in [2.75, 3.05) is 0 Å². The summed E-state index contributed by atoms with van der Waals surface area (Å²) in [5.41, 5.74) is 7.18. The summed E-state index contributed by atoms with van der Waals surface area (Å²) in [7, 11) is 0. The van der Waals surface area contributed by atoms with E-state index >= 15 is 0 Å². The molecule has 1 aliphatic heterocycles. The number of hydrogen-bond acceptors (Lipinski definition) is 2. The smallest absolute Gasteiger partial charge is 0.165 e. The third-order valence-corrected chi connectivity index (χ3v) is 3.93. The van der Waals surface area contributed by atoms with E-state index in [-0.39, 0.29) is 11.6 Å². The summed E-state index contributed by atoms with van der Waals surface area (Å²) in [6.45, 7) is 0. The van der Waals surface area contributed by atoms with Gasteiger partial charge in [0.15, 0.2) is 11.6 Å². The number of hydrogen-bond donors (Lipinski definition) is 1. The van der Waals surface area contributed by atoms with Crippen LogP contribution in [0.2, 0.25) is 0 Å². The summed E-state index contributed by atoms with van der Waals surface area (Å²) in [5.74, 6) is -1.13. The molecule has 1 unspecified atom stereocenters. The monoisotopic (exact) mass is 339 g/mol. The first-order valence-corrected chi connectivity index (χ1v) is 7.01. The van der Waals surface area contributed by atoms with Gasteiger partial charge in [0.05, 0.1) is 0 Å². The molecule has 0 aromatic heterocycles. The number of ether oxygens (including phenoxy) is 1. The fourth-order valence-electron chi connectivity index (χ4n) is 2.43. The zero-order valence-corrected chi connectivity index (χ0v) is 12.0. The number of halogens is 3. The zero-order chi connectivity index (χ0) is 14.3. The molecule has 2 nitrogen and oxygen atoms in total. The van der Waals surface area contributed by atoms with Crippen LogP contribution in [0.5, 0.6) is 5.75 Å². The van der Waals surface area contributed by atoms with Crippen LogP contribution in [-0.2, 0) is 0 Å². The molecule has 0 radical (unpaired) electrons. The molecule has 0 fully saturated rings. The van der Waals surface area contributed by atoms with Gasteiger partial charge >= 0.3 is 0 Å². The lowest BCUT2D eigenvalue weighted by Gasteiger charge is -2.30. The molecule has 0 saturated carbocycles. The molecule has 0 spiro atoms. The fourth-order valence-corrected chi connectivity index (χ4v) is 2.81. The molecule has 0 saturated heterocycles. The van der Waals surface area contributed by atoms with Crippen molar-refractivity contribution < 1.29 is 13.5 Å². The highest BCUT2D eigenvalue weighted by Gasteiger charge is 2.29. The minimum absolute atomic E-state index is 0.203. The van der Waals surface area contributed by atoms with Gasteiger partial charge in [-0.25, -0.2) is 8.78 Å². The van der Waals surface area contributed by atoms with Gasteiger partial charge in [0, 0.05) is 28.1 Å². The quantitative estimate of drug-likeness (QED) is 0.842. The van der Waals surface area contributed by atoms with Gasteiger partial charge < -0.3 is 10.5 Å². The summed E-state index contributed by atoms with van der Waals surface area (Å²) in [4.78, 5) is 0. The topological polar surface area (TPSA) is 35.2 Å². The van der Waals surface area contributed by atoms with Gasteiger partial charge in [-0.1, -0.05) is 28.1 Å². The van der Waals surface area contributed by atoms with Crippen LogP contribution >= 0.6 is 15.9 Å². The van der Waals surface area contributed by atoms with Gasteiger partial charge in [-0.05, 0) is 24.3 Å². The van der Waals surface area contributed by atoms with Crippen molar-refractivity contribution in [1.82, 2.24) is 0 Å². The van der Waals surface area contributed by atoms with Crippen molar-refractivity contribution >= 4 is 15.9 Å². The van der Waals surface area contributed by atoms with Crippen LogP contribution in [0.4, 0.5) is 8.78 Å². The van der Waals surface area contributed by atoms with E-state index in [1.54, 1.807) is 6.07 Å². The van der Waals surface area contributed by atoms with Gasteiger partial charge in [-0.3, -0.25) is 0 Å². The summed E-state index contributed by atoms with van der Waals surface area (Å²) in [6.07, 6.45) is -0.168. The van der Waals surface area contributed by atoms with Crippen molar-refractivity contribution in [1.29, 1.82) is 0 Å². The molecule has 1 heterocycles. The zero-order valence-electron chi connectivity index (χ0n) is 10.4. The second-order valence-corrected chi connectivity index (χ2v) is 5.69. The molecule has 1 aliphatic rings. The molecular weight excluding hydrogens is 328 g/mol. The standard InChI is InChI=1S/C15H12BrF2NO/c16-8-4-5-13-10(6-8)12(19)7-14(20-13)9-2-1-3-11(17)15(9)18/h1-6,12,14H,7,19H2/t12-,14?/m0/s1. The minimum Gasteiger partial charge on any atom is -0.485 e. The highest BCUT2D eigenvalue weighted by Crippen LogP contribution is 2.41. The lowest BCUT2D eigenvalue weighted by Crippen LogP contribution is -2.25. The molecule has 104 valence electrons. The van der Waals surface area contributed by atoms with E-state index in [1.165, 1.54) is 12.1 Å². The first kappa shape index (κ1) is 13.5. The van der Waals surface area contributed by atoms with Gasteiger partial charge in [-0.15, -0.1) is 0 Å². The number of rotatable bonds is 1. The predicted molar refractivity (Wildman–Crippen MR) is 75.4 cm³/mol. The molecule has 20 heavy (non-hydrogen) atoms. The maximum Gasteiger partial charge on any atom is 0.165 e.